The van der Waals surface area contributed by atoms with E-state index in [2.05, 4.69) is 15.6 Å². The first-order chi connectivity index (χ1) is 8.56. The number of hydrogen-bond acceptors (Lipinski definition) is 4. The fourth-order valence-corrected chi connectivity index (χ4v) is 1.67. The summed E-state index contributed by atoms with van der Waals surface area (Å²) < 4.78 is 1.90. The minimum atomic E-state index is -0.252. The largest absolute Gasteiger partial charge is 0.409 e. The highest BCUT2D eigenvalue weighted by molar-refractivity contribution is 5.85. The summed E-state index contributed by atoms with van der Waals surface area (Å²) in [4.78, 5) is 0. The maximum atomic E-state index is 8.65. The number of nitrogens with two attached hydrogens (primary N) is 1. The van der Waals surface area contributed by atoms with Gasteiger partial charge in [0.2, 0.25) is 0 Å². The van der Waals surface area contributed by atoms with Gasteiger partial charge >= 0.3 is 0 Å². The lowest BCUT2D eigenvalue weighted by Crippen LogP contribution is -2.33. The van der Waals surface area contributed by atoms with Crippen LogP contribution in [-0.2, 0) is 6.54 Å². The molecule has 0 spiro atoms. The molecule has 4 N–H and O–H groups in total. The fraction of sp³-hybridized carbons (Fsp3) is 0.667. The molecule has 0 amide bonds. The minimum absolute atomic E-state index is 0.252. The SMILES string of the molecule is CC(C)(CCCNCCn1cccn1)C(N)=NO. The molecule has 6 nitrogen and oxygen atoms in total. The first-order valence-corrected chi connectivity index (χ1v) is 6.22. The third-order valence-electron chi connectivity index (χ3n) is 3.03. The molecular formula is C12H23N5O. The summed E-state index contributed by atoms with van der Waals surface area (Å²) in [5.41, 5.74) is 5.37. The highest BCUT2D eigenvalue weighted by Crippen LogP contribution is 2.21. The molecule has 0 bridgehead atoms. The van der Waals surface area contributed by atoms with Gasteiger partial charge in [0.05, 0.1) is 6.54 Å². The Morgan fingerprint density at radius 2 is 2.28 bits per heavy atom. The summed E-state index contributed by atoms with van der Waals surface area (Å²) in [6.45, 7) is 6.64. The predicted molar refractivity (Wildman–Crippen MR) is 71.5 cm³/mol. The van der Waals surface area contributed by atoms with Gasteiger partial charge in [-0.25, -0.2) is 0 Å². The van der Waals surface area contributed by atoms with Crippen molar-refractivity contribution in [2.75, 3.05) is 13.1 Å². The van der Waals surface area contributed by atoms with Gasteiger partial charge in [-0.3, -0.25) is 4.68 Å². The van der Waals surface area contributed by atoms with Gasteiger partial charge in [-0.1, -0.05) is 19.0 Å². The van der Waals surface area contributed by atoms with Crippen LogP contribution in [0.1, 0.15) is 26.7 Å². The van der Waals surface area contributed by atoms with E-state index in [1.54, 1.807) is 6.20 Å². The molecule has 102 valence electrons. The molecule has 6 heteroatoms. The minimum Gasteiger partial charge on any atom is -0.409 e. The summed E-state index contributed by atoms with van der Waals surface area (Å²) in [6, 6.07) is 1.92. The molecular weight excluding hydrogens is 230 g/mol. The van der Waals surface area contributed by atoms with Gasteiger partial charge in [0, 0.05) is 24.4 Å². The summed E-state index contributed by atoms with van der Waals surface area (Å²) in [5, 5.41) is 19.2. The van der Waals surface area contributed by atoms with E-state index in [0.717, 1.165) is 32.5 Å². The Morgan fingerprint density at radius 1 is 1.50 bits per heavy atom. The Hall–Kier alpha value is -1.56. The average Bonchev–Trinajstić information content (AvgIpc) is 2.85. The topological polar surface area (TPSA) is 88.5 Å². The quantitative estimate of drug-likeness (QED) is 0.212. The highest BCUT2D eigenvalue weighted by atomic mass is 16.4. The average molecular weight is 253 g/mol. The Bertz CT molecular complexity index is 359. The smallest absolute Gasteiger partial charge is 0.144 e. The van der Waals surface area contributed by atoms with E-state index in [9.17, 15) is 0 Å². The molecule has 0 atom stereocenters. The van der Waals surface area contributed by atoms with Gasteiger partial charge in [-0.2, -0.15) is 5.10 Å². The Morgan fingerprint density at radius 3 is 2.89 bits per heavy atom. The van der Waals surface area contributed by atoms with Crippen molar-refractivity contribution in [3.05, 3.63) is 18.5 Å². The lowest BCUT2D eigenvalue weighted by atomic mass is 9.86. The predicted octanol–water partition coefficient (Wildman–Crippen LogP) is 1.03. The summed E-state index contributed by atoms with van der Waals surface area (Å²) in [7, 11) is 0. The van der Waals surface area contributed by atoms with Crippen molar-refractivity contribution in [2.45, 2.75) is 33.2 Å². The van der Waals surface area contributed by atoms with Crippen LogP contribution in [0.4, 0.5) is 0 Å². The molecule has 0 radical (unpaired) electrons. The van der Waals surface area contributed by atoms with Crippen molar-refractivity contribution in [1.29, 1.82) is 0 Å². The fourth-order valence-electron chi connectivity index (χ4n) is 1.67. The van der Waals surface area contributed by atoms with Crippen molar-refractivity contribution in [3.8, 4) is 0 Å². The maximum Gasteiger partial charge on any atom is 0.144 e. The molecule has 0 fully saturated rings. The molecule has 1 aromatic heterocycles. The van der Waals surface area contributed by atoms with Crippen LogP contribution in [-0.4, -0.2) is 33.9 Å². The van der Waals surface area contributed by atoms with E-state index in [1.807, 2.05) is 30.8 Å². The first-order valence-electron chi connectivity index (χ1n) is 6.22. The molecule has 1 aromatic rings. The zero-order chi connectivity index (χ0) is 13.4. The van der Waals surface area contributed by atoms with Crippen LogP contribution in [0.15, 0.2) is 23.6 Å². The second kappa shape index (κ2) is 7.00. The van der Waals surface area contributed by atoms with E-state index in [-0.39, 0.29) is 5.41 Å². The third-order valence-corrected chi connectivity index (χ3v) is 3.03. The van der Waals surface area contributed by atoms with Gasteiger partial charge in [-0.15, -0.1) is 0 Å². The molecule has 1 rings (SSSR count). The molecule has 0 aliphatic heterocycles. The number of oxime groups is 1. The van der Waals surface area contributed by atoms with Crippen LogP contribution in [0.2, 0.25) is 0 Å². The molecule has 0 saturated carbocycles. The molecule has 0 aromatic carbocycles. The van der Waals surface area contributed by atoms with Crippen LogP contribution in [0.3, 0.4) is 0 Å². The van der Waals surface area contributed by atoms with Crippen molar-refractivity contribution < 1.29 is 5.21 Å². The van der Waals surface area contributed by atoms with Gasteiger partial charge in [0.25, 0.3) is 0 Å². The number of amidine groups is 1. The zero-order valence-corrected chi connectivity index (χ0v) is 11.1. The van der Waals surface area contributed by atoms with E-state index >= 15 is 0 Å². The number of nitrogens with one attached hydrogen (secondary N) is 1. The molecule has 1 heterocycles. The zero-order valence-electron chi connectivity index (χ0n) is 11.1. The molecule has 18 heavy (non-hydrogen) atoms. The van der Waals surface area contributed by atoms with E-state index in [0.29, 0.717) is 5.84 Å². The van der Waals surface area contributed by atoms with E-state index < -0.39 is 0 Å². The lowest BCUT2D eigenvalue weighted by Gasteiger charge is -2.22. The van der Waals surface area contributed by atoms with E-state index in [4.69, 9.17) is 10.9 Å². The Balaban J connectivity index is 2.08. The van der Waals surface area contributed by atoms with Crippen molar-refractivity contribution in [2.24, 2.45) is 16.3 Å². The van der Waals surface area contributed by atoms with Crippen molar-refractivity contribution >= 4 is 5.84 Å². The second-order valence-electron chi connectivity index (χ2n) is 4.99. The third kappa shape index (κ3) is 4.75. The van der Waals surface area contributed by atoms with Crippen molar-refractivity contribution in [1.82, 2.24) is 15.1 Å². The maximum absolute atomic E-state index is 8.65. The van der Waals surface area contributed by atoms with Gasteiger partial charge < -0.3 is 16.3 Å². The van der Waals surface area contributed by atoms with Gasteiger partial charge in [-0.05, 0) is 25.5 Å². The van der Waals surface area contributed by atoms with Crippen molar-refractivity contribution in [3.63, 3.8) is 0 Å². The monoisotopic (exact) mass is 253 g/mol. The summed E-state index contributed by atoms with van der Waals surface area (Å²) in [6.07, 6.45) is 5.60. The molecule has 0 unspecified atom stereocenters. The molecule has 0 aliphatic rings. The van der Waals surface area contributed by atoms with Crippen LogP contribution >= 0.6 is 0 Å². The summed E-state index contributed by atoms with van der Waals surface area (Å²) in [5.74, 6) is 0.291. The van der Waals surface area contributed by atoms with Gasteiger partial charge in [0.1, 0.15) is 5.84 Å². The lowest BCUT2D eigenvalue weighted by molar-refractivity contribution is 0.304. The van der Waals surface area contributed by atoms with Crippen LogP contribution in [0.5, 0.6) is 0 Å². The van der Waals surface area contributed by atoms with Crippen LogP contribution < -0.4 is 11.1 Å². The van der Waals surface area contributed by atoms with Gasteiger partial charge in [0.15, 0.2) is 0 Å². The molecule has 0 saturated heterocycles. The molecule has 0 aliphatic carbocycles. The Kier molecular flexibility index (Phi) is 5.64. The number of hydrogen-bond donors (Lipinski definition) is 3. The summed E-state index contributed by atoms with van der Waals surface area (Å²) >= 11 is 0. The van der Waals surface area contributed by atoms with Crippen LogP contribution in [0, 0.1) is 5.41 Å². The number of aromatic nitrogens is 2. The van der Waals surface area contributed by atoms with Crippen LogP contribution in [0.25, 0.3) is 0 Å². The number of nitrogens with zero attached hydrogens (tertiary/aromatic N) is 3. The Labute approximate surface area is 108 Å². The standard InChI is InChI=1S/C12H23N5O/c1-12(2,11(13)16-18)5-3-6-14-8-10-17-9-4-7-15-17/h4,7,9,14,18H,3,5-6,8,10H2,1-2H3,(H2,13,16). The normalized spacial score (nSPS) is 12.9. The highest BCUT2D eigenvalue weighted by Gasteiger charge is 2.22. The first kappa shape index (κ1) is 14.5. The second-order valence-corrected chi connectivity index (χ2v) is 4.99. The van der Waals surface area contributed by atoms with E-state index in [1.165, 1.54) is 0 Å². The number of rotatable bonds is 8.